The Balaban J connectivity index is 1.49. The van der Waals surface area contributed by atoms with E-state index in [4.69, 9.17) is 14.5 Å². The minimum atomic E-state index is -0.203. The summed E-state index contributed by atoms with van der Waals surface area (Å²) < 4.78 is 13.3. The minimum Gasteiger partial charge on any atom is -0.486 e. The van der Waals surface area contributed by atoms with Crippen LogP contribution in [0.4, 0.5) is 5.69 Å². The first-order chi connectivity index (χ1) is 14.2. The van der Waals surface area contributed by atoms with E-state index in [-0.39, 0.29) is 5.91 Å². The van der Waals surface area contributed by atoms with Gasteiger partial charge in [-0.25, -0.2) is 4.98 Å². The molecule has 0 radical (unpaired) electrons. The van der Waals surface area contributed by atoms with Crippen molar-refractivity contribution < 1.29 is 14.3 Å². The minimum absolute atomic E-state index is 0.203. The highest BCUT2D eigenvalue weighted by Crippen LogP contribution is 2.36. The summed E-state index contributed by atoms with van der Waals surface area (Å²) in [5, 5.41) is 3.91. The van der Waals surface area contributed by atoms with Gasteiger partial charge in [-0.1, -0.05) is 12.1 Å². The van der Waals surface area contributed by atoms with Crippen LogP contribution in [0.15, 0.2) is 60.7 Å². The van der Waals surface area contributed by atoms with Gasteiger partial charge in [-0.3, -0.25) is 4.79 Å². The van der Waals surface area contributed by atoms with Crippen molar-refractivity contribution in [2.45, 2.75) is 0 Å². The topological polar surface area (TPSA) is 60.5 Å². The van der Waals surface area contributed by atoms with Crippen LogP contribution in [0.3, 0.4) is 0 Å². The standard InChI is InChI=1S/C22H15IN2O3S/c23-14-6-7-16(15(12-14)22-25-17-3-1-2-4-20(17)29-22)24-21(26)13-5-8-18-19(11-13)28-10-9-27-18/h1-8,11-12H,9-10H2,(H,24,26). The Labute approximate surface area is 184 Å². The Morgan fingerprint density at radius 1 is 1.00 bits per heavy atom. The summed E-state index contributed by atoms with van der Waals surface area (Å²) in [6.07, 6.45) is 0. The molecule has 5 rings (SSSR count). The molecule has 2 heterocycles. The predicted octanol–water partition coefficient (Wildman–Crippen LogP) is 5.59. The average Bonchev–Trinajstić information content (AvgIpc) is 3.18. The van der Waals surface area contributed by atoms with Crippen LogP contribution in [-0.4, -0.2) is 24.1 Å². The Bertz CT molecular complexity index is 1200. The highest BCUT2D eigenvalue weighted by Gasteiger charge is 2.17. The number of carbonyl (C=O) groups excluding carboxylic acids is 1. The molecule has 1 aliphatic heterocycles. The molecule has 5 nitrogen and oxygen atoms in total. The molecule has 0 spiro atoms. The van der Waals surface area contributed by atoms with Crippen LogP contribution in [0.1, 0.15) is 10.4 Å². The summed E-state index contributed by atoms with van der Waals surface area (Å²) >= 11 is 3.88. The lowest BCUT2D eigenvalue weighted by Crippen LogP contribution is -2.17. The van der Waals surface area contributed by atoms with E-state index < -0.39 is 0 Å². The molecule has 0 unspecified atom stereocenters. The number of nitrogens with zero attached hydrogens (tertiary/aromatic N) is 1. The largest absolute Gasteiger partial charge is 0.486 e. The van der Waals surface area contributed by atoms with E-state index in [1.165, 1.54) is 0 Å². The Morgan fingerprint density at radius 3 is 2.69 bits per heavy atom. The number of hydrogen-bond donors (Lipinski definition) is 1. The van der Waals surface area contributed by atoms with E-state index in [1.54, 1.807) is 29.5 Å². The summed E-state index contributed by atoms with van der Waals surface area (Å²) in [7, 11) is 0. The maximum atomic E-state index is 12.9. The number of hydrogen-bond acceptors (Lipinski definition) is 5. The molecule has 0 saturated heterocycles. The Hall–Kier alpha value is -2.65. The van der Waals surface area contributed by atoms with E-state index in [0.717, 1.165) is 30.0 Å². The number of rotatable bonds is 3. The van der Waals surface area contributed by atoms with Gasteiger partial charge in [-0.05, 0) is 71.1 Å². The molecular formula is C22H15IN2O3S. The number of halogens is 1. The first-order valence-corrected chi connectivity index (χ1v) is 10.9. The van der Waals surface area contributed by atoms with E-state index in [9.17, 15) is 4.79 Å². The number of benzene rings is 3. The van der Waals surface area contributed by atoms with Crippen molar-refractivity contribution in [1.29, 1.82) is 0 Å². The lowest BCUT2D eigenvalue weighted by atomic mass is 10.1. The van der Waals surface area contributed by atoms with Gasteiger partial charge in [0.05, 0.1) is 15.9 Å². The van der Waals surface area contributed by atoms with Crippen LogP contribution in [-0.2, 0) is 0 Å². The third-order valence-corrected chi connectivity index (χ3v) is 6.30. The number of para-hydroxylation sites is 1. The van der Waals surface area contributed by atoms with Crippen LogP contribution in [0.2, 0.25) is 0 Å². The SMILES string of the molecule is O=C(Nc1ccc(I)cc1-c1nc2ccccc2s1)c1ccc2c(c1)OCCO2. The Kier molecular flexibility index (Phi) is 4.84. The van der Waals surface area contributed by atoms with Gasteiger partial charge in [0.25, 0.3) is 5.91 Å². The van der Waals surface area contributed by atoms with E-state index >= 15 is 0 Å². The van der Waals surface area contributed by atoms with E-state index in [0.29, 0.717) is 30.3 Å². The highest BCUT2D eigenvalue weighted by molar-refractivity contribution is 14.1. The number of anilines is 1. The lowest BCUT2D eigenvalue weighted by Gasteiger charge is -2.18. The van der Waals surface area contributed by atoms with Gasteiger partial charge < -0.3 is 14.8 Å². The van der Waals surface area contributed by atoms with Gasteiger partial charge in [-0.2, -0.15) is 0 Å². The number of ether oxygens (including phenoxy) is 2. The van der Waals surface area contributed by atoms with E-state index in [2.05, 4.69) is 34.0 Å². The molecule has 1 amide bonds. The number of nitrogens with one attached hydrogen (secondary N) is 1. The molecule has 4 aromatic rings. The van der Waals surface area contributed by atoms with Gasteiger partial charge in [0, 0.05) is 14.7 Å². The Morgan fingerprint density at radius 2 is 1.83 bits per heavy atom. The third-order valence-electron chi connectivity index (χ3n) is 4.56. The van der Waals surface area contributed by atoms with Crippen LogP contribution in [0.5, 0.6) is 11.5 Å². The molecule has 0 saturated carbocycles. The van der Waals surface area contributed by atoms with Crippen molar-refractivity contribution in [1.82, 2.24) is 4.98 Å². The van der Waals surface area contributed by atoms with Crippen molar-refractivity contribution in [3.63, 3.8) is 0 Å². The van der Waals surface area contributed by atoms with Crippen molar-refractivity contribution in [3.8, 4) is 22.1 Å². The quantitative estimate of drug-likeness (QED) is 0.362. The molecule has 1 aromatic heterocycles. The number of carbonyl (C=O) groups is 1. The molecule has 1 aliphatic rings. The van der Waals surface area contributed by atoms with Gasteiger partial charge >= 0.3 is 0 Å². The maximum absolute atomic E-state index is 12.9. The number of amides is 1. The molecule has 7 heteroatoms. The molecule has 0 fully saturated rings. The van der Waals surface area contributed by atoms with Gasteiger partial charge in [0.2, 0.25) is 0 Å². The first kappa shape index (κ1) is 18.4. The summed E-state index contributed by atoms with van der Waals surface area (Å²) in [5.74, 6) is 1.06. The second kappa shape index (κ2) is 7.64. The van der Waals surface area contributed by atoms with E-state index in [1.807, 2.05) is 36.4 Å². The molecule has 144 valence electrons. The fourth-order valence-corrected chi connectivity index (χ4v) is 4.66. The third kappa shape index (κ3) is 3.67. The zero-order chi connectivity index (χ0) is 19.8. The normalized spacial score (nSPS) is 12.7. The molecular weight excluding hydrogens is 499 g/mol. The average molecular weight is 514 g/mol. The smallest absolute Gasteiger partial charge is 0.255 e. The fraction of sp³-hybridized carbons (Fsp3) is 0.0909. The maximum Gasteiger partial charge on any atom is 0.255 e. The number of aromatic nitrogens is 1. The van der Waals surface area contributed by atoms with Crippen molar-refractivity contribution in [3.05, 3.63) is 69.8 Å². The van der Waals surface area contributed by atoms with Gasteiger partial charge in [0.1, 0.15) is 18.2 Å². The predicted molar refractivity (Wildman–Crippen MR) is 123 cm³/mol. The number of fused-ring (bicyclic) bond motifs is 2. The molecule has 3 aromatic carbocycles. The highest BCUT2D eigenvalue weighted by atomic mass is 127. The molecule has 1 N–H and O–H groups in total. The molecule has 0 aliphatic carbocycles. The van der Waals surface area contributed by atoms with Crippen LogP contribution < -0.4 is 14.8 Å². The van der Waals surface area contributed by atoms with Crippen LogP contribution in [0, 0.1) is 3.57 Å². The molecule has 0 atom stereocenters. The van der Waals surface area contributed by atoms with Crippen molar-refractivity contribution >= 4 is 55.7 Å². The second-order valence-corrected chi connectivity index (χ2v) is 8.77. The second-order valence-electron chi connectivity index (χ2n) is 6.49. The summed E-state index contributed by atoms with van der Waals surface area (Å²) in [4.78, 5) is 17.7. The van der Waals surface area contributed by atoms with Gasteiger partial charge in [0.15, 0.2) is 11.5 Å². The molecule has 29 heavy (non-hydrogen) atoms. The van der Waals surface area contributed by atoms with Crippen LogP contribution >= 0.6 is 33.9 Å². The lowest BCUT2D eigenvalue weighted by molar-refractivity contribution is 0.102. The summed E-state index contributed by atoms with van der Waals surface area (Å²) in [5.41, 5.74) is 3.10. The summed E-state index contributed by atoms with van der Waals surface area (Å²) in [6.45, 7) is 1.00. The van der Waals surface area contributed by atoms with Gasteiger partial charge in [-0.15, -0.1) is 11.3 Å². The zero-order valence-electron chi connectivity index (χ0n) is 15.1. The van der Waals surface area contributed by atoms with Crippen molar-refractivity contribution in [2.75, 3.05) is 18.5 Å². The monoisotopic (exact) mass is 514 g/mol. The fourth-order valence-electron chi connectivity index (χ4n) is 3.17. The first-order valence-electron chi connectivity index (χ1n) is 9.04. The van der Waals surface area contributed by atoms with Crippen LogP contribution in [0.25, 0.3) is 20.8 Å². The summed E-state index contributed by atoms with van der Waals surface area (Å²) in [6, 6.07) is 19.2. The zero-order valence-corrected chi connectivity index (χ0v) is 18.1. The number of thiazole rings is 1. The van der Waals surface area contributed by atoms with Crippen molar-refractivity contribution in [2.24, 2.45) is 0 Å². The molecule has 0 bridgehead atoms.